The Bertz CT molecular complexity index is 548. The van der Waals surface area contributed by atoms with E-state index in [-0.39, 0.29) is 19.1 Å². The molecule has 1 atom stereocenters. The van der Waals surface area contributed by atoms with E-state index in [1.54, 1.807) is 18.2 Å². The van der Waals surface area contributed by atoms with E-state index in [9.17, 15) is 9.59 Å². The molecule has 0 bridgehead atoms. The lowest BCUT2D eigenvalue weighted by molar-refractivity contribution is -0.158. The van der Waals surface area contributed by atoms with Crippen LogP contribution in [0.4, 0.5) is 0 Å². The summed E-state index contributed by atoms with van der Waals surface area (Å²) in [6, 6.07) is 4.80. The Morgan fingerprint density at radius 2 is 2.14 bits per heavy atom. The lowest BCUT2D eigenvalue weighted by Crippen LogP contribution is -2.48. The van der Waals surface area contributed by atoms with Gasteiger partial charge in [-0.05, 0) is 18.2 Å². The van der Waals surface area contributed by atoms with Crippen LogP contribution in [0.25, 0.3) is 0 Å². The van der Waals surface area contributed by atoms with Gasteiger partial charge in [0.15, 0.2) is 6.10 Å². The molecule has 1 saturated heterocycles. The lowest BCUT2D eigenvalue weighted by Gasteiger charge is -2.31. The molecule has 0 saturated carbocycles. The van der Waals surface area contributed by atoms with Crippen LogP contribution in [0.3, 0.4) is 0 Å². The quantitative estimate of drug-likeness (QED) is 0.788. The molecule has 2 rings (SSSR count). The Kier molecular flexibility index (Phi) is 5.03. The first-order valence-corrected chi connectivity index (χ1v) is 6.77. The largest absolute Gasteiger partial charge is 0.496 e. The van der Waals surface area contributed by atoms with E-state index in [0.717, 1.165) is 0 Å². The summed E-state index contributed by atoms with van der Waals surface area (Å²) in [5, 5.41) is 0.484. The van der Waals surface area contributed by atoms with Gasteiger partial charge in [-0.1, -0.05) is 11.6 Å². The SMILES string of the molecule is COC(=O)C1CN(C(=O)c2ccc(Cl)cc2OC)CCO1. The Morgan fingerprint density at radius 3 is 2.81 bits per heavy atom. The van der Waals surface area contributed by atoms with Gasteiger partial charge in [-0.15, -0.1) is 0 Å². The number of hydrogen-bond donors (Lipinski definition) is 0. The second-order valence-electron chi connectivity index (χ2n) is 4.48. The number of carbonyl (C=O) groups is 2. The minimum atomic E-state index is -0.758. The molecule has 0 aliphatic carbocycles. The molecule has 21 heavy (non-hydrogen) atoms. The molecule has 1 aromatic carbocycles. The van der Waals surface area contributed by atoms with Crippen LogP contribution in [0, 0.1) is 0 Å². The van der Waals surface area contributed by atoms with E-state index in [2.05, 4.69) is 4.74 Å². The summed E-state index contributed by atoms with van der Waals surface area (Å²) in [7, 11) is 2.76. The van der Waals surface area contributed by atoms with Gasteiger partial charge >= 0.3 is 5.97 Å². The third kappa shape index (κ3) is 3.46. The Labute approximate surface area is 127 Å². The number of benzene rings is 1. The Morgan fingerprint density at radius 1 is 1.38 bits per heavy atom. The number of amides is 1. The third-order valence-corrected chi connectivity index (χ3v) is 3.45. The maximum Gasteiger partial charge on any atom is 0.336 e. The van der Waals surface area contributed by atoms with Crippen LogP contribution in [0.5, 0.6) is 5.75 Å². The van der Waals surface area contributed by atoms with Crippen molar-refractivity contribution in [1.82, 2.24) is 4.90 Å². The number of esters is 1. The van der Waals surface area contributed by atoms with Crippen LogP contribution < -0.4 is 4.74 Å². The second kappa shape index (κ2) is 6.78. The van der Waals surface area contributed by atoms with Crippen molar-refractivity contribution >= 4 is 23.5 Å². The minimum absolute atomic E-state index is 0.150. The van der Waals surface area contributed by atoms with Crippen molar-refractivity contribution in [2.75, 3.05) is 33.9 Å². The summed E-state index contributed by atoms with van der Waals surface area (Å²) in [4.78, 5) is 25.6. The molecule has 1 aromatic rings. The molecule has 1 unspecified atom stereocenters. The molecule has 0 aromatic heterocycles. The minimum Gasteiger partial charge on any atom is -0.496 e. The van der Waals surface area contributed by atoms with Gasteiger partial charge in [-0.25, -0.2) is 4.79 Å². The summed E-state index contributed by atoms with van der Waals surface area (Å²) in [5.74, 6) is -0.329. The van der Waals surface area contributed by atoms with Gasteiger partial charge in [0, 0.05) is 11.6 Å². The standard InChI is InChI=1S/C14H16ClNO5/c1-19-11-7-9(15)3-4-10(11)13(17)16-5-6-21-12(8-16)14(18)20-2/h3-4,7,12H,5-6,8H2,1-2H3. The first-order valence-electron chi connectivity index (χ1n) is 6.39. The monoisotopic (exact) mass is 313 g/mol. The highest BCUT2D eigenvalue weighted by Gasteiger charge is 2.31. The molecular weight excluding hydrogens is 298 g/mol. The Balaban J connectivity index is 2.18. The average Bonchev–Trinajstić information content (AvgIpc) is 2.53. The van der Waals surface area contributed by atoms with E-state index < -0.39 is 12.1 Å². The zero-order valence-electron chi connectivity index (χ0n) is 11.8. The maximum atomic E-state index is 12.5. The Hall–Kier alpha value is -1.79. The number of morpholine rings is 1. The summed E-state index contributed by atoms with van der Waals surface area (Å²) in [6.07, 6.45) is -0.758. The predicted molar refractivity (Wildman–Crippen MR) is 75.7 cm³/mol. The summed E-state index contributed by atoms with van der Waals surface area (Å²) in [6.45, 7) is 0.830. The van der Waals surface area contributed by atoms with Crippen LogP contribution in [0.2, 0.25) is 5.02 Å². The van der Waals surface area contributed by atoms with E-state index in [1.165, 1.54) is 19.1 Å². The molecule has 1 heterocycles. The van der Waals surface area contributed by atoms with E-state index in [0.29, 0.717) is 22.9 Å². The summed E-state index contributed by atoms with van der Waals surface area (Å²) >= 11 is 5.88. The molecule has 1 aliphatic heterocycles. The van der Waals surface area contributed by atoms with Crippen molar-refractivity contribution in [3.8, 4) is 5.75 Å². The fourth-order valence-corrected chi connectivity index (χ4v) is 2.28. The number of methoxy groups -OCH3 is 2. The molecule has 0 spiro atoms. The summed E-state index contributed by atoms with van der Waals surface area (Å²) < 4.78 is 15.1. The number of hydrogen-bond acceptors (Lipinski definition) is 5. The molecule has 1 amide bonds. The molecule has 6 nitrogen and oxygen atoms in total. The van der Waals surface area contributed by atoms with Gasteiger partial charge < -0.3 is 19.1 Å². The normalized spacial score (nSPS) is 18.2. The molecule has 1 aliphatic rings. The lowest BCUT2D eigenvalue weighted by atomic mass is 10.1. The molecular formula is C14H16ClNO5. The molecule has 7 heteroatoms. The number of ether oxygens (including phenoxy) is 3. The van der Waals surface area contributed by atoms with Gasteiger partial charge in [0.05, 0.1) is 32.9 Å². The van der Waals surface area contributed by atoms with Crippen molar-refractivity contribution in [2.45, 2.75) is 6.10 Å². The number of halogens is 1. The van der Waals surface area contributed by atoms with Crippen molar-refractivity contribution in [3.63, 3.8) is 0 Å². The molecule has 114 valence electrons. The van der Waals surface area contributed by atoms with Crippen LogP contribution in [-0.2, 0) is 14.3 Å². The maximum absolute atomic E-state index is 12.5. The number of nitrogens with zero attached hydrogens (tertiary/aromatic N) is 1. The number of rotatable bonds is 3. The molecule has 0 radical (unpaired) electrons. The van der Waals surface area contributed by atoms with Crippen molar-refractivity contribution in [2.24, 2.45) is 0 Å². The van der Waals surface area contributed by atoms with Gasteiger partial charge in [0.1, 0.15) is 5.75 Å². The first-order chi connectivity index (χ1) is 10.1. The van der Waals surface area contributed by atoms with E-state index in [4.69, 9.17) is 21.1 Å². The fourth-order valence-electron chi connectivity index (χ4n) is 2.12. The van der Waals surface area contributed by atoms with Gasteiger partial charge in [0.25, 0.3) is 5.91 Å². The van der Waals surface area contributed by atoms with Crippen molar-refractivity contribution < 1.29 is 23.8 Å². The molecule has 0 N–H and O–H groups in total. The van der Waals surface area contributed by atoms with E-state index >= 15 is 0 Å². The predicted octanol–water partition coefficient (Wildman–Crippen LogP) is 1.36. The highest BCUT2D eigenvalue weighted by molar-refractivity contribution is 6.30. The topological polar surface area (TPSA) is 65.1 Å². The zero-order valence-corrected chi connectivity index (χ0v) is 12.6. The van der Waals surface area contributed by atoms with Gasteiger partial charge in [0.2, 0.25) is 0 Å². The van der Waals surface area contributed by atoms with Gasteiger partial charge in [-0.3, -0.25) is 4.79 Å². The first kappa shape index (κ1) is 15.6. The van der Waals surface area contributed by atoms with E-state index in [1.807, 2.05) is 0 Å². The van der Waals surface area contributed by atoms with Gasteiger partial charge in [-0.2, -0.15) is 0 Å². The molecule has 1 fully saturated rings. The third-order valence-electron chi connectivity index (χ3n) is 3.21. The highest BCUT2D eigenvalue weighted by Crippen LogP contribution is 2.25. The smallest absolute Gasteiger partial charge is 0.336 e. The highest BCUT2D eigenvalue weighted by atomic mass is 35.5. The van der Waals surface area contributed by atoms with Crippen molar-refractivity contribution in [3.05, 3.63) is 28.8 Å². The average molecular weight is 314 g/mol. The van der Waals surface area contributed by atoms with Crippen LogP contribution >= 0.6 is 11.6 Å². The van der Waals surface area contributed by atoms with Crippen LogP contribution in [0.1, 0.15) is 10.4 Å². The zero-order chi connectivity index (χ0) is 15.4. The van der Waals surface area contributed by atoms with Crippen molar-refractivity contribution in [1.29, 1.82) is 0 Å². The van der Waals surface area contributed by atoms with Crippen LogP contribution in [-0.4, -0.2) is 56.8 Å². The fraction of sp³-hybridized carbons (Fsp3) is 0.429. The summed E-state index contributed by atoms with van der Waals surface area (Å²) in [5.41, 5.74) is 0.396. The number of carbonyl (C=O) groups excluding carboxylic acids is 2. The second-order valence-corrected chi connectivity index (χ2v) is 4.91. The van der Waals surface area contributed by atoms with Crippen LogP contribution in [0.15, 0.2) is 18.2 Å².